The number of halogens is 1. The van der Waals surface area contributed by atoms with Crippen LogP contribution in [0, 0.1) is 6.92 Å². The number of hydrogen-bond acceptors (Lipinski definition) is 5. The molecule has 0 aromatic heterocycles. The van der Waals surface area contributed by atoms with Gasteiger partial charge in [-0.05, 0) is 80.3 Å². The van der Waals surface area contributed by atoms with Crippen LogP contribution >= 0.6 is 11.6 Å². The number of ether oxygens (including phenoxy) is 1. The maximum absolute atomic E-state index is 14.2. The predicted octanol–water partition coefficient (Wildman–Crippen LogP) is 5.72. The molecule has 0 bridgehead atoms. The normalized spacial score (nSPS) is 14.3. The zero-order valence-corrected chi connectivity index (χ0v) is 25.8. The van der Waals surface area contributed by atoms with E-state index in [0.717, 1.165) is 41.1 Å². The molecule has 42 heavy (non-hydrogen) atoms. The lowest BCUT2D eigenvalue weighted by Crippen LogP contribution is -2.53. The van der Waals surface area contributed by atoms with Crippen LogP contribution < -0.4 is 14.4 Å². The van der Waals surface area contributed by atoms with Gasteiger partial charge in [0.25, 0.3) is 10.0 Å². The highest BCUT2D eigenvalue weighted by Crippen LogP contribution is 2.27. The third-order valence-corrected chi connectivity index (χ3v) is 9.62. The van der Waals surface area contributed by atoms with Crippen LogP contribution in [0.4, 0.5) is 5.69 Å². The maximum atomic E-state index is 14.2. The van der Waals surface area contributed by atoms with Crippen molar-refractivity contribution in [3.05, 3.63) is 88.9 Å². The number of benzene rings is 3. The molecule has 8 nitrogen and oxygen atoms in total. The SMILES string of the molecule is CC[C@@H](C(=O)NC1CCCC1)N(Cc1cccc(OC)c1)C(=O)CN(c1ccc(Cl)cc1)S(=O)(=O)c1ccc(C)cc1. The van der Waals surface area contributed by atoms with E-state index >= 15 is 0 Å². The lowest BCUT2D eigenvalue weighted by molar-refractivity contribution is -0.140. The van der Waals surface area contributed by atoms with Gasteiger partial charge in [0.05, 0.1) is 17.7 Å². The largest absolute Gasteiger partial charge is 0.497 e. The van der Waals surface area contributed by atoms with Crippen LogP contribution in [-0.2, 0) is 26.2 Å². The van der Waals surface area contributed by atoms with Crippen LogP contribution in [0.1, 0.15) is 50.2 Å². The van der Waals surface area contributed by atoms with E-state index in [1.165, 1.54) is 17.0 Å². The van der Waals surface area contributed by atoms with E-state index in [1.807, 2.05) is 32.0 Å². The first-order valence-corrected chi connectivity index (χ1v) is 16.0. The van der Waals surface area contributed by atoms with E-state index in [0.29, 0.717) is 17.2 Å². The summed E-state index contributed by atoms with van der Waals surface area (Å²) in [6.07, 6.45) is 4.29. The second-order valence-corrected chi connectivity index (χ2v) is 12.9. The summed E-state index contributed by atoms with van der Waals surface area (Å²) in [4.78, 5) is 29.3. The maximum Gasteiger partial charge on any atom is 0.264 e. The second kappa shape index (κ2) is 14.1. The van der Waals surface area contributed by atoms with Crippen LogP contribution in [0.2, 0.25) is 5.02 Å². The molecule has 3 aromatic carbocycles. The quantitative estimate of drug-likeness (QED) is 0.283. The van der Waals surface area contributed by atoms with Crippen molar-refractivity contribution in [2.75, 3.05) is 18.0 Å². The van der Waals surface area contributed by atoms with Gasteiger partial charge in [0.15, 0.2) is 0 Å². The van der Waals surface area contributed by atoms with Crippen LogP contribution in [0.25, 0.3) is 0 Å². The predicted molar refractivity (Wildman–Crippen MR) is 165 cm³/mol. The fourth-order valence-corrected chi connectivity index (χ4v) is 6.77. The van der Waals surface area contributed by atoms with Gasteiger partial charge in [-0.2, -0.15) is 0 Å². The molecule has 1 atom stereocenters. The number of hydrogen-bond donors (Lipinski definition) is 1. The number of aryl methyl sites for hydroxylation is 1. The van der Waals surface area contributed by atoms with Gasteiger partial charge in [0.2, 0.25) is 11.8 Å². The number of anilines is 1. The Kier molecular flexibility index (Phi) is 10.5. The van der Waals surface area contributed by atoms with Crippen molar-refractivity contribution in [1.29, 1.82) is 0 Å². The molecule has 1 aliphatic carbocycles. The molecule has 0 radical (unpaired) electrons. The van der Waals surface area contributed by atoms with Gasteiger partial charge in [-0.1, -0.05) is 61.2 Å². The molecule has 1 N–H and O–H groups in total. The Morgan fingerprint density at radius 2 is 1.69 bits per heavy atom. The standard InChI is InChI=1S/C32H38ClN3O5S/c1-4-30(32(38)34-26-9-5-6-10-26)35(21-24-8-7-11-28(20-24)41-3)31(37)22-36(27-16-14-25(33)15-17-27)42(39,40)29-18-12-23(2)13-19-29/h7-8,11-20,26,30H,4-6,9-10,21-22H2,1-3H3,(H,34,38)/t30-/m0/s1. The molecule has 1 aliphatic rings. The van der Waals surface area contributed by atoms with E-state index in [1.54, 1.807) is 49.6 Å². The molecule has 0 aliphatic heterocycles. The Balaban J connectivity index is 1.71. The Hall–Kier alpha value is -3.56. The van der Waals surface area contributed by atoms with Crippen LogP contribution in [0.15, 0.2) is 77.7 Å². The molecule has 10 heteroatoms. The molecule has 0 heterocycles. The topological polar surface area (TPSA) is 96.0 Å². The van der Waals surface area contributed by atoms with Gasteiger partial charge >= 0.3 is 0 Å². The zero-order valence-electron chi connectivity index (χ0n) is 24.3. The van der Waals surface area contributed by atoms with Gasteiger partial charge in [-0.3, -0.25) is 13.9 Å². The number of methoxy groups -OCH3 is 1. The van der Waals surface area contributed by atoms with Crippen LogP contribution in [-0.4, -0.2) is 50.9 Å². The molecule has 1 fully saturated rings. The molecule has 224 valence electrons. The summed E-state index contributed by atoms with van der Waals surface area (Å²) in [6.45, 7) is 3.32. The first-order chi connectivity index (χ1) is 20.1. The molecule has 2 amide bonds. The van der Waals surface area contributed by atoms with Gasteiger partial charge in [0, 0.05) is 17.6 Å². The highest BCUT2D eigenvalue weighted by atomic mass is 35.5. The summed E-state index contributed by atoms with van der Waals surface area (Å²) in [5.41, 5.74) is 1.96. The van der Waals surface area contributed by atoms with Crippen molar-refractivity contribution in [1.82, 2.24) is 10.2 Å². The summed E-state index contributed by atoms with van der Waals surface area (Å²) in [5.74, 6) is -0.120. The fourth-order valence-electron chi connectivity index (χ4n) is 5.23. The highest BCUT2D eigenvalue weighted by molar-refractivity contribution is 7.92. The number of nitrogens with one attached hydrogen (secondary N) is 1. The number of amides is 2. The van der Waals surface area contributed by atoms with E-state index < -0.39 is 28.5 Å². The molecule has 4 rings (SSSR count). The summed E-state index contributed by atoms with van der Waals surface area (Å²) in [5, 5.41) is 3.56. The van der Waals surface area contributed by atoms with Gasteiger partial charge < -0.3 is 15.0 Å². The number of rotatable bonds is 12. The number of carbonyl (C=O) groups excluding carboxylic acids is 2. The summed E-state index contributed by atoms with van der Waals surface area (Å²) >= 11 is 6.10. The van der Waals surface area contributed by atoms with E-state index in [4.69, 9.17) is 16.3 Å². The van der Waals surface area contributed by atoms with Crippen molar-refractivity contribution < 1.29 is 22.7 Å². The van der Waals surface area contributed by atoms with Gasteiger partial charge in [-0.25, -0.2) is 8.42 Å². The van der Waals surface area contributed by atoms with Crippen LogP contribution in [0.5, 0.6) is 5.75 Å². The minimum Gasteiger partial charge on any atom is -0.497 e. The van der Waals surface area contributed by atoms with Crippen molar-refractivity contribution in [3.63, 3.8) is 0 Å². The smallest absolute Gasteiger partial charge is 0.264 e. The van der Waals surface area contributed by atoms with Crippen molar-refractivity contribution >= 4 is 39.1 Å². The fraction of sp³-hybridized carbons (Fsp3) is 0.375. The monoisotopic (exact) mass is 611 g/mol. The van der Waals surface area contributed by atoms with E-state index in [-0.39, 0.29) is 29.1 Å². The molecule has 3 aromatic rings. The number of sulfonamides is 1. The Morgan fingerprint density at radius 1 is 1.02 bits per heavy atom. The lowest BCUT2D eigenvalue weighted by Gasteiger charge is -2.34. The summed E-state index contributed by atoms with van der Waals surface area (Å²) in [6, 6.07) is 19.3. The van der Waals surface area contributed by atoms with Crippen molar-refractivity contribution in [3.8, 4) is 5.75 Å². The Labute approximate surface area is 253 Å². The minimum atomic E-state index is -4.14. The number of nitrogens with zero attached hydrogens (tertiary/aromatic N) is 2. The zero-order chi connectivity index (χ0) is 30.3. The van der Waals surface area contributed by atoms with Crippen LogP contribution in [0.3, 0.4) is 0 Å². The van der Waals surface area contributed by atoms with Crippen molar-refractivity contribution in [2.24, 2.45) is 0 Å². The molecule has 0 saturated heterocycles. The molecular weight excluding hydrogens is 574 g/mol. The average molecular weight is 612 g/mol. The molecular formula is C32H38ClN3O5S. The molecule has 1 saturated carbocycles. The minimum absolute atomic E-state index is 0.0567. The average Bonchev–Trinajstić information content (AvgIpc) is 3.49. The van der Waals surface area contributed by atoms with Gasteiger partial charge in [0.1, 0.15) is 18.3 Å². The summed E-state index contributed by atoms with van der Waals surface area (Å²) in [7, 11) is -2.58. The summed E-state index contributed by atoms with van der Waals surface area (Å²) < 4.78 is 34.4. The molecule has 0 spiro atoms. The lowest BCUT2D eigenvalue weighted by atomic mass is 10.1. The third-order valence-electron chi connectivity index (χ3n) is 7.58. The highest BCUT2D eigenvalue weighted by Gasteiger charge is 2.34. The first kappa shape index (κ1) is 31.4. The van der Waals surface area contributed by atoms with E-state index in [2.05, 4.69) is 5.32 Å². The third kappa shape index (κ3) is 7.63. The van der Waals surface area contributed by atoms with Crippen molar-refractivity contribution in [2.45, 2.75) is 69.5 Å². The first-order valence-electron chi connectivity index (χ1n) is 14.2. The second-order valence-electron chi connectivity index (χ2n) is 10.6. The number of carbonyl (C=O) groups is 2. The van der Waals surface area contributed by atoms with Gasteiger partial charge in [-0.15, -0.1) is 0 Å². The Bertz CT molecular complexity index is 1470. The molecule has 0 unspecified atom stereocenters. The van der Waals surface area contributed by atoms with E-state index in [9.17, 15) is 18.0 Å². The Morgan fingerprint density at radius 3 is 2.31 bits per heavy atom.